The zero-order valence-corrected chi connectivity index (χ0v) is 10.9. The van der Waals surface area contributed by atoms with Crippen LogP contribution in [0.3, 0.4) is 0 Å². The largest absolute Gasteiger partial charge is 0.337 e. The van der Waals surface area contributed by atoms with E-state index < -0.39 is 0 Å². The van der Waals surface area contributed by atoms with E-state index in [2.05, 4.69) is 39.2 Å². The monoisotopic (exact) mass is 237 g/mol. The van der Waals surface area contributed by atoms with E-state index in [9.17, 15) is 0 Å². The van der Waals surface area contributed by atoms with Crippen molar-refractivity contribution in [3.8, 4) is 0 Å². The topological polar surface area (TPSA) is 56.8 Å². The molecule has 0 saturated carbocycles. The number of aryl methyl sites for hydroxylation is 1. The third-order valence-corrected chi connectivity index (χ3v) is 3.19. The number of rotatable bonds is 5. The number of aromatic nitrogens is 3. The maximum atomic E-state index is 4.57. The molecule has 0 aromatic carbocycles. The van der Waals surface area contributed by atoms with Crippen LogP contribution in [0.4, 0.5) is 5.95 Å². The summed E-state index contributed by atoms with van der Waals surface area (Å²) in [6, 6.07) is 0.519. The minimum Gasteiger partial charge on any atom is -0.337 e. The van der Waals surface area contributed by atoms with Gasteiger partial charge in [-0.2, -0.15) is 4.98 Å². The highest BCUT2D eigenvalue weighted by atomic mass is 15.4. The summed E-state index contributed by atoms with van der Waals surface area (Å²) in [6.45, 7) is 7.42. The van der Waals surface area contributed by atoms with E-state index in [1.54, 1.807) is 0 Å². The molecule has 1 aliphatic rings. The summed E-state index contributed by atoms with van der Waals surface area (Å²) in [5.74, 6) is 1.89. The van der Waals surface area contributed by atoms with Crippen molar-refractivity contribution in [1.29, 1.82) is 0 Å². The first kappa shape index (κ1) is 12.4. The highest BCUT2D eigenvalue weighted by Gasteiger charge is 2.18. The highest BCUT2D eigenvalue weighted by molar-refractivity contribution is 5.30. The third-order valence-electron chi connectivity index (χ3n) is 3.19. The maximum Gasteiger partial charge on any atom is 0.244 e. The van der Waals surface area contributed by atoms with Crippen LogP contribution in [0.1, 0.15) is 38.9 Å². The van der Waals surface area contributed by atoms with Crippen LogP contribution in [0.5, 0.6) is 0 Å². The minimum atomic E-state index is 0.519. The molecule has 0 bridgehead atoms. The lowest BCUT2D eigenvalue weighted by atomic mass is 10.2. The summed E-state index contributed by atoms with van der Waals surface area (Å²) in [5, 5.41) is 10.8. The van der Waals surface area contributed by atoms with Crippen molar-refractivity contribution in [2.45, 2.75) is 45.6 Å². The molecule has 1 fully saturated rings. The Bertz CT molecular complexity index is 335. The Morgan fingerprint density at radius 3 is 3.06 bits per heavy atom. The highest BCUT2D eigenvalue weighted by Crippen LogP contribution is 2.11. The van der Waals surface area contributed by atoms with Gasteiger partial charge in [-0.05, 0) is 13.3 Å². The van der Waals surface area contributed by atoms with Crippen LogP contribution >= 0.6 is 0 Å². The Morgan fingerprint density at radius 1 is 1.41 bits per heavy atom. The number of nitrogens with one attached hydrogen (secondary N) is 2. The summed E-state index contributed by atoms with van der Waals surface area (Å²) in [7, 11) is 0. The normalized spacial score (nSPS) is 20.8. The van der Waals surface area contributed by atoms with Crippen molar-refractivity contribution < 1.29 is 0 Å². The zero-order valence-electron chi connectivity index (χ0n) is 10.9. The average Bonchev–Trinajstić information content (AvgIpc) is 2.78. The van der Waals surface area contributed by atoms with Crippen LogP contribution in [0.25, 0.3) is 0 Å². The lowest BCUT2D eigenvalue weighted by Gasteiger charge is -2.30. The Labute approximate surface area is 103 Å². The predicted molar refractivity (Wildman–Crippen MR) is 69.3 cm³/mol. The van der Waals surface area contributed by atoms with E-state index in [1.165, 1.54) is 19.3 Å². The fourth-order valence-corrected chi connectivity index (χ4v) is 2.19. The standard InChI is InChI=1S/C12H23N5/c1-3-4-5-6-11-14-12(16-15-11)17-8-7-13-10(2)9-17/h10,13H,3-9H2,1-2H3,(H,14,15,16). The van der Waals surface area contributed by atoms with Gasteiger partial charge in [0.25, 0.3) is 0 Å². The molecular weight excluding hydrogens is 214 g/mol. The van der Waals surface area contributed by atoms with Crippen LogP contribution in [0, 0.1) is 0 Å². The first-order valence-corrected chi connectivity index (χ1v) is 6.69. The van der Waals surface area contributed by atoms with E-state index in [4.69, 9.17) is 0 Å². The van der Waals surface area contributed by atoms with Gasteiger partial charge < -0.3 is 10.2 Å². The number of aromatic amines is 1. The number of unbranched alkanes of at least 4 members (excludes halogenated alkanes) is 2. The van der Waals surface area contributed by atoms with Crippen molar-refractivity contribution >= 4 is 5.95 Å². The van der Waals surface area contributed by atoms with Gasteiger partial charge in [0, 0.05) is 32.1 Å². The van der Waals surface area contributed by atoms with E-state index in [-0.39, 0.29) is 0 Å². The van der Waals surface area contributed by atoms with Crippen molar-refractivity contribution in [3.05, 3.63) is 5.82 Å². The fraction of sp³-hybridized carbons (Fsp3) is 0.833. The molecule has 2 rings (SSSR count). The molecule has 5 nitrogen and oxygen atoms in total. The minimum absolute atomic E-state index is 0.519. The SMILES string of the molecule is CCCCCc1nc(N2CCNC(C)C2)n[nH]1. The van der Waals surface area contributed by atoms with Gasteiger partial charge in [-0.25, -0.2) is 0 Å². The molecule has 1 saturated heterocycles. The second-order valence-electron chi connectivity index (χ2n) is 4.84. The Kier molecular flexibility index (Phi) is 4.36. The molecular formula is C12H23N5. The van der Waals surface area contributed by atoms with Gasteiger partial charge in [0.05, 0.1) is 0 Å². The first-order chi connectivity index (χ1) is 8.29. The molecule has 1 aromatic heterocycles. The van der Waals surface area contributed by atoms with Crippen LogP contribution in [0.2, 0.25) is 0 Å². The maximum absolute atomic E-state index is 4.57. The van der Waals surface area contributed by atoms with Crippen molar-refractivity contribution in [2.24, 2.45) is 0 Å². The lowest BCUT2D eigenvalue weighted by molar-refractivity contribution is 0.479. The second-order valence-corrected chi connectivity index (χ2v) is 4.84. The van der Waals surface area contributed by atoms with E-state index in [0.29, 0.717) is 6.04 Å². The van der Waals surface area contributed by atoms with Gasteiger partial charge in [-0.15, -0.1) is 5.10 Å². The van der Waals surface area contributed by atoms with Crippen LogP contribution in [0.15, 0.2) is 0 Å². The summed E-state index contributed by atoms with van der Waals surface area (Å²) in [4.78, 5) is 6.82. The van der Waals surface area contributed by atoms with Gasteiger partial charge in [-0.3, -0.25) is 5.10 Å². The third kappa shape index (κ3) is 3.43. The zero-order chi connectivity index (χ0) is 12.1. The molecule has 5 heteroatoms. The molecule has 17 heavy (non-hydrogen) atoms. The molecule has 1 unspecified atom stereocenters. The number of hydrogen-bond donors (Lipinski definition) is 2. The Hall–Kier alpha value is -1.10. The van der Waals surface area contributed by atoms with Crippen molar-refractivity contribution in [1.82, 2.24) is 20.5 Å². The molecule has 1 atom stereocenters. The summed E-state index contributed by atoms with van der Waals surface area (Å²) >= 11 is 0. The molecule has 2 heterocycles. The molecule has 96 valence electrons. The summed E-state index contributed by atoms with van der Waals surface area (Å²) < 4.78 is 0. The van der Waals surface area contributed by atoms with Gasteiger partial charge in [-0.1, -0.05) is 19.8 Å². The number of anilines is 1. The summed E-state index contributed by atoms with van der Waals surface area (Å²) in [5.41, 5.74) is 0. The van der Waals surface area contributed by atoms with E-state index in [1.807, 2.05) is 0 Å². The smallest absolute Gasteiger partial charge is 0.244 e. The van der Waals surface area contributed by atoms with E-state index in [0.717, 1.165) is 37.8 Å². The predicted octanol–water partition coefficient (Wildman–Crippen LogP) is 1.34. The number of hydrogen-bond acceptors (Lipinski definition) is 4. The van der Waals surface area contributed by atoms with Crippen LogP contribution in [-0.2, 0) is 6.42 Å². The number of piperazine rings is 1. The molecule has 0 spiro atoms. The molecule has 0 radical (unpaired) electrons. The molecule has 0 aliphatic carbocycles. The fourth-order valence-electron chi connectivity index (χ4n) is 2.19. The van der Waals surface area contributed by atoms with Crippen LogP contribution in [-0.4, -0.2) is 40.9 Å². The van der Waals surface area contributed by atoms with E-state index >= 15 is 0 Å². The first-order valence-electron chi connectivity index (χ1n) is 6.69. The van der Waals surface area contributed by atoms with Gasteiger partial charge in [0.15, 0.2) is 0 Å². The molecule has 2 N–H and O–H groups in total. The van der Waals surface area contributed by atoms with Gasteiger partial charge in [0.2, 0.25) is 5.95 Å². The average molecular weight is 237 g/mol. The van der Waals surface area contributed by atoms with Gasteiger partial charge in [0.1, 0.15) is 5.82 Å². The second kappa shape index (κ2) is 6.00. The Balaban J connectivity index is 1.88. The summed E-state index contributed by atoms with van der Waals surface area (Å²) in [6.07, 6.45) is 4.72. The number of nitrogens with zero attached hydrogens (tertiary/aromatic N) is 3. The molecule has 1 aliphatic heterocycles. The van der Waals surface area contributed by atoms with Crippen molar-refractivity contribution in [2.75, 3.05) is 24.5 Å². The quantitative estimate of drug-likeness (QED) is 0.759. The molecule has 1 aromatic rings. The molecule has 0 amide bonds. The van der Waals surface area contributed by atoms with Crippen LogP contribution < -0.4 is 10.2 Å². The van der Waals surface area contributed by atoms with Crippen molar-refractivity contribution in [3.63, 3.8) is 0 Å². The van der Waals surface area contributed by atoms with Gasteiger partial charge >= 0.3 is 0 Å². The number of H-pyrrole nitrogens is 1. The lowest BCUT2D eigenvalue weighted by Crippen LogP contribution is -2.49. The Morgan fingerprint density at radius 2 is 2.29 bits per heavy atom.